The fraction of sp³-hybridized carbons (Fsp3) is 0.0909. The molecule has 3 aromatic rings. The highest BCUT2D eigenvalue weighted by Crippen LogP contribution is 2.34. The van der Waals surface area contributed by atoms with Crippen molar-refractivity contribution in [2.75, 3.05) is 0 Å². The van der Waals surface area contributed by atoms with Gasteiger partial charge in [0, 0.05) is 15.6 Å². The lowest BCUT2D eigenvalue weighted by Gasteiger charge is -2.07. The molecule has 0 aromatic heterocycles. The van der Waals surface area contributed by atoms with E-state index < -0.39 is 50.9 Å². The van der Waals surface area contributed by atoms with Crippen molar-refractivity contribution in [3.63, 3.8) is 0 Å². The Morgan fingerprint density at radius 1 is 0.525 bits per heavy atom. The second-order valence-corrected chi connectivity index (χ2v) is 11.0. The normalized spacial score (nSPS) is 11.2. The monoisotopic (exact) mass is 794 g/mol. The van der Waals surface area contributed by atoms with Crippen LogP contribution >= 0.6 is 109 Å². The molecule has 3 rings (SSSR count). The Kier molecular flexibility index (Phi) is 14.2. The molecule has 0 amide bonds. The van der Waals surface area contributed by atoms with Gasteiger partial charge in [-0.2, -0.15) is 26.3 Å². The number of alkyl halides is 6. The van der Waals surface area contributed by atoms with E-state index >= 15 is 0 Å². The van der Waals surface area contributed by atoms with E-state index in [2.05, 4.69) is 15.9 Å². The van der Waals surface area contributed by atoms with Crippen LogP contribution in [0.25, 0.3) is 0 Å². The fourth-order valence-corrected chi connectivity index (χ4v) is 4.63. The maximum Gasteiger partial charge on any atom is 0.454 e. The summed E-state index contributed by atoms with van der Waals surface area (Å²) in [5, 5.41) is -0.426. The Morgan fingerprint density at radius 2 is 0.775 bits per heavy atom. The van der Waals surface area contributed by atoms with Gasteiger partial charge in [0.25, 0.3) is 11.6 Å². The Labute approximate surface area is 269 Å². The van der Waals surface area contributed by atoms with E-state index in [9.17, 15) is 40.3 Å². The minimum atomic E-state index is -5.04. The second kappa shape index (κ2) is 15.2. The van der Waals surface area contributed by atoms with Crippen LogP contribution in [0.3, 0.4) is 0 Å². The molecule has 218 valence electrons. The van der Waals surface area contributed by atoms with Crippen LogP contribution in [0.2, 0.25) is 40.2 Å². The smallest absolute Gasteiger partial charge is 0.284 e. The molecule has 2 nitrogen and oxygen atoms in total. The number of rotatable bonds is 2. The second-order valence-electron chi connectivity index (χ2n) is 6.84. The van der Waals surface area contributed by atoms with Gasteiger partial charge in [0.2, 0.25) is 0 Å². The minimum absolute atomic E-state index is 0.0861. The average molecular weight is 799 g/mol. The first-order valence-corrected chi connectivity index (χ1v) is 13.2. The van der Waals surface area contributed by atoms with Crippen LogP contribution in [-0.2, 0) is 0 Å². The van der Waals surface area contributed by atoms with Crippen LogP contribution in [-0.4, -0.2) is 23.9 Å². The van der Waals surface area contributed by atoms with E-state index in [1.165, 1.54) is 0 Å². The van der Waals surface area contributed by atoms with Crippen LogP contribution < -0.4 is 0 Å². The first-order chi connectivity index (χ1) is 18.1. The van der Waals surface area contributed by atoms with Gasteiger partial charge in [-0.05, 0) is 36.4 Å². The molecular weight excluding hydrogens is 793 g/mol. The average Bonchev–Trinajstić information content (AvgIpc) is 2.82. The van der Waals surface area contributed by atoms with Crippen LogP contribution in [0.15, 0.2) is 40.9 Å². The third-order valence-corrected chi connectivity index (χ3v) is 7.36. The number of Topliss-reactive ketones (excluding diaryl/α,β-unsaturated/α-hetero) is 2. The number of ketones is 2. The molecule has 0 saturated heterocycles. The topological polar surface area (TPSA) is 34.1 Å². The van der Waals surface area contributed by atoms with Gasteiger partial charge in [-0.1, -0.05) is 109 Å². The van der Waals surface area contributed by atoms with E-state index in [1.54, 1.807) is 12.1 Å². The molecule has 0 atom stereocenters. The number of hydrogen-bond donors (Lipinski definition) is 0. The largest absolute Gasteiger partial charge is 0.454 e. The number of benzene rings is 3. The standard InChI is InChI=1S/C8H2Cl3F3O.C8H2Cl2F4O.C6H2BrCl3/c2*9-4-1-3(2-5(10)6(4)11)7(15)8(12,13)14;7-3-1-4(8)6(10)5(9)2-3/h2*1-2H;1-2H. The van der Waals surface area contributed by atoms with Gasteiger partial charge in [0.05, 0.1) is 40.2 Å². The third-order valence-electron chi connectivity index (χ3n) is 3.96. The minimum Gasteiger partial charge on any atom is -0.284 e. The summed E-state index contributed by atoms with van der Waals surface area (Å²) in [7, 11) is 0. The van der Waals surface area contributed by atoms with Crippen molar-refractivity contribution in [3.8, 4) is 0 Å². The van der Waals surface area contributed by atoms with Crippen molar-refractivity contribution in [1.29, 1.82) is 0 Å². The van der Waals surface area contributed by atoms with Gasteiger partial charge in [-0.25, -0.2) is 4.39 Å². The van der Waals surface area contributed by atoms with Crippen molar-refractivity contribution in [3.05, 3.63) is 98.0 Å². The maximum absolute atomic E-state index is 12.8. The van der Waals surface area contributed by atoms with E-state index in [4.69, 9.17) is 92.8 Å². The summed E-state index contributed by atoms with van der Waals surface area (Å²) in [6, 6.07) is 6.19. The SMILES string of the molecule is Clc1cc(Br)cc(Cl)c1Cl.O=C(c1cc(Cl)c(Cl)c(Cl)c1)C(F)(F)F.O=C(c1cc(Cl)c(F)c(Cl)c1)C(F)(F)F. The molecule has 0 heterocycles. The molecule has 0 aliphatic heterocycles. The first kappa shape index (κ1) is 37.3. The lowest BCUT2D eigenvalue weighted by Crippen LogP contribution is -2.22. The highest BCUT2D eigenvalue weighted by molar-refractivity contribution is 9.10. The van der Waals surface area contributed by atoms with Crippen molar-refractivity contribution < 1.29 is 40.3 Å². The van der Waals surface area contributed by atoms with Crippen molar-refractivity contribution in [2.24, 2.45) is 0 Å². The molecule has 0 unspecified atom stereocenters. The third kappa shape index (κ3) is 10.9. The molecular formula is C22H6BrCl8F7O2. The number of carbonyl (C=O) groups is 2. The summed E-state index contributed by atoms with van der Waals surface area (Å²) in [4.78, 5) is 21.5. The van der Waals surface area contributed by atoms with Gasteiger partial charge < -0.3 is 0 Å². The van der Waals surface area contributed by atoms with Gasteiger partial charge in [0.15, 0.2) is 5.82 Å². The summed E-state index contributed by atoms with van der Waals surface area (Å²) >= 11 is 47.2. The Balaban J connectivity index is 0.000000307. The number of hydrogen-bond acceptors (Lipinski definition) is 2. The molecule has 3 aromatic carbocycles. The molecule has 0 N–H and O–H groups in total. The molecule has 18 heteroatoms. The van der Waals surface area contributed by atoms with Crippen molar-refractivity contribution in [1.82, 2.24) is 0 Å². The van der Waals surface area contributed by atoms with Crippen LogP contribution in [0.5, 0.6) is 0 Å². The Morgan fingerprint density at radius 3 is 1.05 bits per heavy atom. The van der Waals surface area contributed by atoms with Gasteiger partial charge in [0.1, 0.15) is 0 Å². The predicted octanol–water partition coefficient (Wildman–Crippen LogP) is 12.7. The Bertz CT molecular complexity index is 1280. The van der Waals surface area contributed by atoms with Gasteiger partial charge >= 0.3 is 12.4 Å². The van der Waals surface area contributed by atoms with Crippen LogP contribution in [0.1, 0.15) is 20.7 Å². The zero-order chi connectivity index (χ0) is 31.3. The molecule has 40 heavy (non-hydrogen) atoms. The zero-order valence-corrected chi connectivity index (χ0v) is 26.0. The summed E-state index contributed by atoms with van der Waals surface area (Å²) in [6.45, 7) is 0. The van der Waals surface area contributed by atoms with Gasteiger partial charge in [-0.3, -0.25) is 9.59 Å². The summed E-state index contributed by atoms with van der Waals surface area (Å²) < 4.78 is 85.6. The van der Waals surface area contributed by atoms with Crippen LogP contribution in [0, 0.1) is 5.82 Å². The molecule has 0 spiro atoms. The summed E-state index contributed by atoms with van der Waals surface area (Å²) in [5.74, 6) is -5.19. The lowest BCUT2D eigenvalue weighted by atomic mass is 10.1. The lowest BCUT2D eigenvalue weighted by molar-refractivity contribution is -0.0888. The molecule has 0 bridgehead atoms. The number of carbonyl (C=O) groups excluding carboxylic acids is 2. The summed E-state index contributed by atoms with van der Waals surface area (Å²) in [5.41, 5.74) is -1.43. The van der Waals surface area contributed by atoms with E-state index in [0.717, 1.165) is 16.6 Å². The zero-order valence-electron chi connectivity index (χ0n) is 18.3. The molecule has 0 aliphatic carbocycles. The summed E-state index contributed by atoms with van der Waals surface area (Å²) in [6.07, 6.45) is -10.00. The quantitative estimate of drug-likeness (QED) is 0.112. The molecule has 0 saturated carbocycles. The molecule has 0 fully saturated rings. The predicted molar refractivity (Wildman–Crippen MR) is 148 cm³/mol. The molecule has 0 aliphatic rings. The van der Waals surface area contributed by atoms with E-state index in [-0.39, 0.29) is 15.1 Å². The maximum atomic E-state index is 12.8. The van der Waals surface area contributed by atoms with Gasteiger partial charge in [-0.15, -0.1) is 0 Å². The fourth-order valence-electron chi connectivity index (χ4n) is 2.23. The van der Waals surface area contributed by atoms with Crippen molar-refractivity contribution in [2.45, 2.75) is 12.4 Å². The molecule has 0 radical (unpaired) electrons. The Hall–Kier alpha value is -0.690. The number of halogens is 16. The highest BCUT2D eigenvalue weighted by Gasteiger charge is 2.40. The highest BCUT2D eigenvalue weighted by atomic mass is 79.9. The van der Waals surface area contributed by atoms with E-state index in [0.29, 0.717) is 27.2 Å². The van der Waals surface area contributed by atoms with E-state index in [1.807, 2.05) is 0 Å². The van der Waals surface area contributed by atoms with Crippen molar-refractivity contribution >= 4 is 120 Å². The first-order valence-electron chi connectivity index (χ1n) is 9.40. The van der Waals surface area contributed by atoms with Crippen LogP contribution in [0.4, 0.5) is 30.7 Å².